The number of rotatable bonds is 3. The van der Waals surface area contributed by atoms with Gasteiger partial charge in [0.05, 0.1) is 0 Å². The Hall–Kier alpha value is -3.22. The highest BCUT2D eigenvalue weighted by atomic mass is 16.2. The van der Waals surface area contributed by atoms with Gasteiger partial charge in [0, 0.05) is 43.1 Å². The molecule has 27 heavy (non-hydrogen) atoms. The molecule has 1 saturated heterocycles. The Labute approximate surface area is 158 Å². The minimum absolute atomic E-state index is 0.0304. The predicted molar refractivity (Wildman–Crippen MR) is 103 cm³/mol. The Balaban J connectivity index is 1.49. The smallest absolute Gasteiger partial charge is 0.254 e. The van der Waals surface area contributed by atoms with Crippen molar-refractivity contribution in [1.29, 1.82) is 0 Å². The number of aryl methyl sites for hydroxylation is 1. The number of pyridine rings is 1. The lowest BCUT2D eigenvalue weighted by Crippen LogP contribution is -2.54. The Bertz CT molecular complexity index is 922. The third-order valence-electron chi connectivity index (χ3n) is 4.96. The number of hydrogen-bond donors (Lipinski definition) is 0. The number of carbonyl (C=O) groups excluding carboxylic acids is 1. The van der Waals surface area contributed by atoms with Crippen LogP contribution < -0.4 is 4.90 Å². The number of piperazine rings is 1. The summed E-state index contributed by atoms with van der Waals surface area (Å²) in [7, 11) is 0. The summed E-state index contributed by atoms with van der Waals surface area (Å²) in [4.78, 5) is 21.6. The first-order valence-electron chi connectivity index (χ1n) is 9.05. The van der Waals surface area contributed by atoms with E-state index in [0.717, 1.165) is 13.1 Å². The Kier molecular flexibility index (Phi) is 4.58. The monoisotopic (exact) mass is 362 g/mol. The van der Waals surface area contributed by atoms with E-state index < -0.39 is 0 Å². The molecule has 1 atom stereocenters. The molecule has 1 unspecified atom stereocenters. The lowest BCUT2D eigenvalue weighted by Gasteiger charge is -2.41. The number of anilines is 1. The first-order chi connectivity index (χ1) is 13.1. The van der Waals surface area contributed by atoms with Crippen molar-refractivity contribution < 1.29 is 4.79 Å². The number of carbonyl (C=O) groups is 1. The Morgan fingerprint density at radius 3 is 2.52 bits per heavy atom. The largest absolute Gasteiger partial charge is 0.368 e. The van der Waals surface area contributed by atoms with E-state index in [-0.39, 0.29) is 11.9 Å². The fourth-order valence-corrected chi connectivity index (χ4v) is 3.43. The van der Waals surface area contributed by atoms with Crippen molar-refractivity contribution in [2.45, 2.75) is 19.9 Å². The molecular weight excluding hydrogens is 340 g/mol. The molecule has 1 amide bonds. The molecule has 138 valence electrons. The molecule has 0 saturated carbocycles. The van der Waals surface area contributed by atoms with Gasteiger partial charge in [0.25, 0.3) is 5.91 Å². The fraction of sp³-hybridized carbons (Fsp3) is 0.300. The van der Waals surface area contributed by atoms with E-state index in [1.54, 1.807) is 35.6 Å². The molecule has 0 spiro atoms. The van der Waals surface area contributed by atoms with Gasteiger partial charge in [-0.25, -0.2) is 4.98 Å². The van der Waals surface area contributed by atoms with Gasteiger partial charge in [-0.3, -0.25) is 9.36 Å². The van der Waals surface area contributed by atoms with Crippen LogP contribution in [0.25, 0.3) is 5.82 Å². The second-order valence-corrected chi connectivity index (χ2v) is 6.90. The second kappa shape index (κ2) is 7.19. The van der Waals surface area contributed by atoms with E-state index in [2.05, 4.69) is 58.2 Å². The van der Waals surface area contributed by atoms with Crippen molar-refractivity contribution in [1.82, 2.24) is 24.6 Å². The molecule has 0 radical (unpaired) electrons. The van der Waals surface area contributed by atoms with Crippen LogP contribution in [0, 0.1) is 6.92 Å². The van der Waals surface area contributed by atoms with Crippen LogP contribution in [0.1, 0.15) is 22.8 Å². The fourth-order valence-electron chi connectivity index (χ4n) is 3.43. The maximum Gasteiger partial charge on any atom is 0.254 e. The van der Waals surface area contributed by atoms with Crippen molar-refractivity contribution in [2.75, 3.05) is 24.5 Å². The minimum atomic E-state index is 0.0304. The molecule has 2 aromatic heterocycles. The summed E-state index contributed by atoms with van der Waals surface area (Å²) in [6.07, 6.45) is 4.79. The van der Waals surface area contributed by atoms with Gasteiger partial charge in [-0.2, -0.15) is 0 Å². The number of nitrogens with zero attached hydrogens (tertiary/aromatic N) is 6. The number of benzene rings is 1. The van der Waals surface area contributed by atoms with Gasteiger partial charge in [-0.15, -0.1) is 10.2 Å². The minimum Gasteiger partial charge on any atom is -0.368 e. The summed E-state index contributed by atoms with van der Waals surface area (Å²) in [5, 5.41) is 7.58. The average molecular weight is 362 g/mol. The Morgan fingerprint density at radius 2 is 1.81 bits per heavy atom. The van der Waals surface area contributed by atoms with Gasteiger partial charge in [0.2, 0.25) is 0 Å². The second-order valence-electron chi connectivity index (χ2n) is 6.90. The van der Waals surface area contributed by atoms with E-state index in [1.807, 2.05) is 4.90 Å². The molecule has 1 aliphatic heterocycles. The van der Waals surface area contributed by atoms with Gasteiger partial charge in [0.15, 0.2) is 0 Å². The third-order valence-corrected chi connectivity index (χ3v) is 4.96. The summed E-state index contributed by atoms with van der Waals surface area (Å²) in [6.45, 7) is 6.52. The molecule has 0 N–H and O–H groups in total. The molecule has 4 rings (SSSR count). The van der Waals surface area contributed by atoms with Crippen LogP contribution in [-0.2, 0) is 0 Å². The zero-order chi connectivity index (χ0) is 18.8. The zero-order valence-corrected chi connectivity index (χ0v) is 15.5. The van der Waals surface area contributed by atoms with Gasteiger partial charge < -0.3 is 9.80 Å². The zero-order valence-electron chi connectivity index (χ0n) is 15.5. The average Bonchev–Trinajstić information content (AvgIpc) is 3.23. The van der Waals surface area contributed by atoms with E-state index >= 15 is 0 Å². The summed E-state index contributed by atoms with van der Waals surface area (Å²) in [5.41, 5.74) is 3.09. The first-order valence-corrected chi connectivity index (χ1v) is 9.05. The van der Waals surface area contributed by atoms with Crippen molar-refractivity contribution in [3.05, 3.63) is 66.4 Å². The molecule has 3 heterocycles. The van der Waals surface area contributed by atoms with Crippen LogP contribution >= 0.6 is 0 Å². The van der Waals surface area contributed by atoms with Crippen LogP contribution in [-0.4, -0.2) is 56.2 Å². The highest BCUT2D eigenvalue weighted by Crippen LogP contribution is 2.21. The lowest BCUT2D eigenvalue weighted by molar-refractivity contribution is 0.0674. The Morgan fingerprint density at radius 1 is 1.07 bits per heavy atom. The molecule has 7 nitrogen and oxygen atoms in total. The third kappa shape index (κ3) is 3.53. The molecule has 1 fully saturated rings. The standard InChI is InChI=1S/C20H22N6O/c1-15-3-5-18(6-4-15)24-9-10-26(16(2)12-24)20(27)17-7-8-21-19(11-17)25-13-22-23-14-25/h3-8,11,13-14,16H,9-10,12H2,1-2H3. The van der Waals surface area contributed by atoms with Crippen LogP contribution in [0.4, 0.5) is 5.69 Å². The molecule has 0 aliphatic carbocycles. The van der Waals surface area contributed by atoms with Gasteiger partial charge >= 0.3 is 0 Å². The quantitative estimate of drug-likeness (QED) is 0.715. The van der Waals surface area contributed by atoms with E-state index in [0.29, 0.717) is 17.9 Å². The highest BCUT2D eigenvalue weighted by molar-refractivity contribution is 5.95. The highest BCUT2D eigenvalue weighted by Gasteiger charge is 2.28. The van der Waals surface area contributed by atoms with E-state index in [4.69, 9.17) is 0 Å². The van der Waals surface area contributed by atoms with Gasteiger partial charge in [-0.1, -0.05) is 17.7 Å². The van der Waals surface area contributed by atoms with E-state index in [9.17, 15) is 4.79 Å². The number of amides is 1. The van der Waals surface area contributed by atoms with Crippen molar-refractivity contribution in [3.8, 4) is 5.82 Å². The van der Waals surface area contributed by atoms with E-state index in [1.165, 1.54) is 11.3 Å². The molecule has 0 bridgehead atoms. The molecule has 1 aromatic carbocycles. The first kappa shape index (κ1) is 17.2. The maximum absolute atomic E-state index is 13.1. The van der Waals surface area contributed by atoms with Gasteiger partial charge in [-0.05, 0) is 38.1 Å². The van der Waals surface area contributed by atoms with Crippen LogP contribution in [0.2, 0.25) is 0 Å². The van der Waals surface area contributed by atoms with Crippen molar-refractivity contribution in [2.24, 2.45) is 0 Å². The molecule has 3 aromatic rings. The lowest BCUT2D eigenvalue weighted by atomic mass is 10.1. The van der Waals surface area contributed by atoms with Crippen LogP contribution in [0.15, 0.2) is 55.2 Å². The number of hydrogen-bond acceptors (Lipinski definition) is 5. The normalized spacial score (nSPS) is 17.2. The molecular formula is C20H22N6O. The number of aromatic nitrogens is 4. The SMILES string of the molecule is Cc1ccc(N2CCN(C(=O)c3ccnc(-n4cnnc4)c3)C(C)C2)cc1. The van der Waals surface area contributed by atoms with Crippen molar-refractivity contribution in [3.63, 3.8) is 0 Å². The predicted octanol–water partition coefficient (Wildman–Crippen LogP) is 2.32. The van der Waals surface area contributed by atoms with Gasteiger partial charge in [0.1, 0.15) is 18.5 Å². The summed E-state index contributed by atoms with van der Waals surface area (Å²) < 4.78 is 1.69. The van der Waals surface area contributed by atoms with Crippen molar-refractivity contribution >= 4 is 11.6 Å². The van der Waals surface area contributed by atoms with Crippen LogP contribution in [0.5, 0.6) is 0 Å². The van der Waals surface area contributed by atoms with Crippen LogP contribution in [0.3, 0.4) is 0 Å². The summed E-state index contributed by atoms with van der Waals surface area (Å²) in [6, 6.07) is 12.2. The topological polar surface area (TPSA) is 67.2 Å². The molecule has 1 aliphatic rings. The molecule has 7 heteroatoms. The summed E-state index contributed by atoms with van der Waals surface area (Å²) in [5.74, 6) is 0.666. The maximum atomic E-state index is 13.1. The summed E-state index contributed by atoms with van der Waals surface area (Å²) >= 11 is 0.